The molecule has 1 saturated heterocycles. The molecule has 0 aromatic carbocycles. The Morgan fingerprint density at radius 2 is 2.25 bits per heavy atom. The summed E-state index contributed by atoms with van der Waals surface area (Å²) in [4.78, 5) is 2.55. The maximum Gasteiger partial charge on any atom is 0.0826 e. The number of ether oxygens (including phenoxy) is 1. The maximum atomic E-state index is 5.73. The van der Waals surface area contributed by atoms with Gasteiger partial charge in [0.25, 0.3) is 0 Å². The second kappa shape index (κ2) is 8.04. The first kappa shape index (κ1) is 13.9. The van der Waals surface area contributed by atoms with E-state index in [-0.39, 0.29) is 0 Å². The number of nitrogens with one attached hydrogen (secondary N) is 1. The van der Waals surface area contributed by atoms with Gasteiger partial charge in [0.2, 0.25) is 0 Å². The molecule has 1 rings (SSSR count). The van der Waals surface area contributed by atoms with Crippen LogP contribution in [-0.4, -0.2) is 50.3 Å². The van der Waals surface area contributed by atoms with E-state index in [0.29, 0.717) is 6.10 Å². The van der Waals surface area contributed by atoms with E-state index in [1.165, 1.54) is 19.4 Å². The van der Waals surface area contributed by atoms with Crippen LogP contribution in [0.3, 0.4) is 0 Å². The van der Waals surface area contributed by atoms with Crippen molar-refractivity contribution in [3.63, 3.8) is 0 Å². The average Bonchev–Trinajstić information content (AvgIpc) is 2.26. The third-order valence-electron chi connectivity index (χ3n) is 3.10. The smallest absolute Gasteiger partial charge is 0.0826 e. The standard InChI is InChI=1S/C13H28N2O/c1-4-14-10-13-11-15(8-9-16-13)7-5-6-12(2)3/h12-14H,4-11H2,1-3H3. The van der Waals surface area contributed by atoms with E-state index in [1.807, 2.05) is 0 Å². The monoisotopic (exact) mass is 228 g/mol. The van der Waals surface area contributed by atoms with Crippen LogP contribution < -0.4 is 5.32 Å². The Bertz CT molecular complexity index is 173. The van der Waals surface area contributed by atoms with Crippen molar-refractivity contribution in [1.82, 2.24) is 10.2 Å². The van der Waals surface area contributed by atoms with Gasteiger partial charge in [-0.15, -0.1) is 0 Å². The molecule has 1 N–H and O–H groups in total. The number of nitrogens with zero attached hydrogens (tertiary/aromatic N) is 1. The van der Waals surface area contributed by atoms with Crippen molar-refractivity contribution < 1.29 is 4.74 Å². The minimum Gasteiger partial charge on any atom is -0.374 e. The van der Waals surface area contributed by atoms with Crippen LogP contribution >= 0.6 is 0 Å². The molecular formula is C13H28N2O. The zero-order valence-corrected chi connectivity index (χ0v) is 11.2. The number of likely N-dealkylation sites (N-methyl/N-ethyl adjacent to an activating group) is 1. The van der Waals surface area contributed by atoms with E-state index in [1.54, 1.807) is 0 Å². The van der Waals surface area contributed by atoms with E-state index >= 15 is 0 Å². The fourth-order valence-electron chi connectivity index (χ4n) is 2.14. The van der Waals surface area contributed by atoms with Crippen LogP contribution in [0.2, 0.25) is 0 Å². The van der Waals surface area contributed by atoms with Gasteiger partial charge < -0.3 is 10.1 Å². The number of hydrogen-bond donors (Lipinski definition) is 1. The lowest BCUT2D eigenvalue weighted by Crippen LogP contribution is -2.46. The van der Waals surface area contributed by atoms with Gasteiger partial charge in [-0.1, -0.05) is 20.8 Å². The largest absolute Gasteiger partial charge is 0.374 e. The molecule has 1 heterocycles. The van der Waals surface area contributed by atoms with Crippen LogP contribution in [0.15, 0.2) is 0 Å². The topological polar surface area (TPSA) is 24.5 Å². The van der Waals surface area contributed by atoms with Gasteiger partial charge >= 0.3 is 0 Å². The van der Waals surface area contributed by atoms with Crippen molar-refractivity contribution >= 4 is 0 Å². The molecule has 1 fully saturated rings. The summed E-state index contributed by atoms with van der Waals surface area (Å²) in [5.74, 6) is 0.832. The Labute approximate surface area is 101 Å². The second-order valence-electron chi connectivity index (χ2n) is 5.14. The molecule has 1 unspecified atom stereocenters. The summed E-state index contributed by atoms with van der Waals surface area (Å²) in [5.41, 5.74) is 0. The number of rotatable bonds is 7. The molecule has 0 aromatic heterocycles. The molecule has 0 saturated carbocycles. The lowest BCUT2D eigenvalue weighted by Gasteiger charge is -2.33. The molecule has 1 aliphatic heterocycles. The summed E-state index contributed by atoms with van der Waals surface area (Å²) in [5, 5.41) is 3.36. The molecule has 0 amide bonds. The minimum atomic E-state index is 0.396. The zero-order valence-electron chi connectivity index (χ0n) is 11.2. The van der Waals surface area contributed by atoms with E-state index < -0.39 is 0 Å². The molecule has 3 nitrogen and oxygen atoms in total. The van der Waals surface area contributed by atoms with E-state index in [4.69, 9.17) is 4.74 Å². The molecule has 0 aliphatic carbocycles. The van der Waals surface area contributed by atoms with E-state index in [2.05, 4.69) is 31.0 Å². The molecule has 0 bridgehead atoms. The zero-order chi connectivity index (χ0) is 11.8. The van der Waals surface area contributed by atoms with Crippen LogP contribution in [0.25, 0.3) is 0 Å². The number of morpholine rings is 1. The quantitative estimate of drug-likeness (QED) is 0.718. The molecular weight excluding hydrogens is 200 g/mol. The normalized spacial score (nSPS) is 22.9. The van der Waals surface area contributed by atoms with Gasteiger partial charge in [0, 0.05) is 19.6 Å². The van der Waals surface area contributed by atoms with Crippen molar-refractivity contribution in [3.05, 3.63) is 0 Å². The predicted molar refractivity (Wildman–Crippen MR) is 68.8 cm³/mol. The second-order valence-corrected chi connectivity index (χ2v) is 5.14. The van der Waals surface area contributed by atoms with Crippen LogP contribution in [-0.2, 0) is 4.74 Å². The highest BCUT2D eigenvalue weighted by Crippen LogP contribution is 2.08. The Morgan fingerprint density at radius 1 is 1.44 bits per heavy atom. The SMILES string of the molecule is CCNCC1CN(CCCC(C)C)CCO1. The van der Waals surface area contributed by atoms with Gasteiger partial charge in [-0.3, -0.25) is 4.90 Å². The summed E-state index contributed by atoms with van der Waals surface area (Å²) in [7, 11) is 0. The van der Waals surface area contributed by atoms with Gasteiger partial charge in [0.15, 0.2) is 0 Å². The van der Waals surface area contributed by atoms with E-state index in [9.17, 15) is 0 Å². The molecule has 1 atom stereocenters. The van der Waals surface area contributed by atoms with Gasteiger partial charge in [-0.05, 0) is 31.8 Å². The van der Waals surface area contributed by atoms with Gasteiger partial charge in [0.1, 0.15) is 0 Å². The van der Waals surface area contributed by atoms with E-state index in [0.717, 1.165) is 38.7 Å². The Hall–Kier alpha value is -0.120. The van der Waals surface area contributed by atoms with Crippen LogP contribution in [0.4, 0.5) is 0 Å². The average molecular weight is 228 g/mol. The fourth-order valence-corrected chi connectivity index (χ4v) is 2.14. The first-order chi connectivity index (χ1) is 7.72. The molecule has 3 heteroatoms. The minimum absolute atomic E-state index is 0.396. The Kier molecular flexibility index (Phi) is 7.01. The Balaban J connectivity index is 2.12. The first-order valence-corrected chi connectivity index (χ1v) is 6.77. The van der Waals surface area contributed by atoms with Crippen LogP contribution in [0.5, 0.6) is 0 Å². The van der Waals surface area contributed by atoms with Crippen molar-refractivity contribution in [2.24, 2.45) is 5.92 Å². The van der Waals surface area contributed by atoms with Crippen molar-refractivity contribution in [3.8, 4) is 0 Å². The summed E-state index contributed by atoms with van der Waals surface area (Å²) in [6.07, 6.45) is 3.06. The Morgan fingerprint density at radius 3 is 2.94 bits per heavy atom. The molecule has 0 radical (unpaired) electrons. The first-order valence-electron chi connectivity index (χ1n) is 6.77. The lowest BCUT2D eigenvalue weighted by atomic mass is 10.1. The maximum absolute atomic E-state index is 5.73. The molecule has 0 aromatic rings. The van der Waals surface area contributed by atoms with Crippen molar-refractivity contribution in [1.29, 1.82) is 0 Å². The summed E-state index contributed by atoms with van der Waals surface area (Å²) >= 11 is 0. The lowest BCUT2D eigenvalue weighted by molar-refractivity contribution is -0.0273. The van der Waals surface area contributed by atoms with Gasteiger partial charge in [-0.25, -0.2) is 0 Å². The van der Waals surface area contributed by atoms with Crippen molar-refractivity contribution in [2.75, 3.05) is 39.3 Å². The summed E-state index contributed by atoms with van der Waals surface area (Å²) in [6, 6.07) is 0. The number of hydrogen-bond acceptors (Lipinski definition) is 3. The molecule has 0 spiro atoms. The van der Waals surface area contributed by atoms with Crippen molar-refractivity contribution in [2.45, 2.75) is 39.7 Å². The molecule has 16 heavy (non-hydrogen) atoms. The molecule has 1 aliphatic rings. The third kappa shape index (κ3) is 5.83. The highest BCUT2D eigenvalue weighted by atomic mass is 16.5. The predicted octanol–water partition coefficient (Wildman–Crippen LogP) is 1.73. The van der Waals surface area contributed by atoms with Gasteiger partial charge in [0.05, 0.1) is 12.7 Å². The highest BCUT2D eigenvalue weighted by molar-refractivity contribution is 4.73. The van der Waals surface area contributed by atoms with Crippen LogP contribution in [0.1, 0.15) is 33.6 Å². The highest BCUT2D eigenvalue weighted by Gasteiger charge is 2.19. The fraction of sp³-hybridized carbons (Fsp3) is 1.00. The summed E-state index contributed by atoms with van der Waals surface area (Å²) in [6.45, 7) is 13.1. The third-order valence-corrected chi connectivity index (χ3v) is 3.10. The van der Waals surface area contributed by atoms with Gasteiger partial charge in [-0.2, -0.15) is 0 Å². The van der Waals surface area contributed by atoms with Crippen LogP contribution in [0, 0.1) is 5.92 Å². The summed E-state index contributed by atoms with van der Waals surface area (Å²) < 4.78 is 5.73. The molecule has 96 valence electrons.